The Kier molecular flexibility index (Phi) is 2.62. The largest absolute Gasteiger partial charge is 0.618 e. The van der Waals surface area contributed by atoms with Crippen molar-refractivity contribution in [1.82, 2.24) is 0 Å². The van der Waals surface area contributed by atoms with Gasteiger partial charge in [-0.3, -0.25) is 10.1 Å². The van der Waals surface area contributed by atoms with E-state index < -0.39 is 4.92 Å². The third-order valence-corrected chi connectivity index (χ3v) is 2.57. The summed E-state index contributed by atoms with van der Waals surface area (Å²) in [5.74, 6) is 0.108. The molecule has 2 aromatic rings. The third kappa shape index (κ3) is 1.65. The van der Waals surface area contributed by atoms with Crippen LogP contribution in [-0.4, -0.2) is 4.92 Å². The van der Waals surface area contributed by atoms with Crippen molar-refractivity contribution in [3.8, 4) is 0 Å². The lowest BCUT2D eigenvalue weighted by molar-refractivity contribution is -0.584. The number of non-ortho nitro benzene ring substituents is 1. The number of benzene rings is 1. The van der Waals surface area contributed by atoms with Crippen molar-refractivity contribution in [2.24, 2.45) is 0 Å². The minimum Gasteiger partial charge on any atom is -0.618 e. The molecule has 0 N–H and O–H groups in total. The quantitative estimate of drug-likeness (QED) is 0.265. The van der Waals surface area contributed by atoms with Gasteiger partial charge in [0.2, 0.25) is 11.2 Å². The minimum absolute atomic E-state index is 0.0360. The Labute approximate surface area is 95.6 Å². The molecule has 0 aliphatic rings. The average Bonchev–Trinajstić information content (AvgIpc) is 2.29. The predicted octanol–water partition coefficient (Wildman–Crippen LogP) is 2.12. The van der Waals surface area contributed by atoms with Crippen LogP contribution in [0.5, 0.6) is 0 Å². The van der Waals surface area contributed by atoms with Crippen LogP contribution in [-0.2, 0) is 5.88 Å². The Balaban J connectivity index is 2.69. The van der Waals surface area contributed by atoms with Crippen molar-refractivity contribution in [3.05, 3.63) is 51.3 Å². The highest BCUT2D eigenvalue weighted by molar-refractivity contribution is 6.16. The van der Waals surface area contributed by atoms with E-state index in [0.29, 0.717) is 21.3 Å². The Morgan fingerprint density at radius 1 is 1.31 bits per heavy atom. The van der Waals surface area contributed by atoms with Crippen molar-refractivity contribution >= 4 is 28.2 Å². The molecule has 0 aliphatic carbocycles. The van der Waals surface area contributed by atoms with Crippen molar-refractivity contribution in [2.75, 3.05) is 0 Å². The number of nitro groups is 1. The molecule has 0 spiro atoms. The highest BCUT2D eigenvalue weighted by atomic mass is 35.5. The van der Waals surface area contributed by atoms with Crippen LogP contribution in [0.2, 0.25) is 0 Å². The lowest BCUT2D eigenvalue weighted by Gasteiger charge is -2.04. The fourth-order valence-electron chi connectivity index (χ4n) is 1.48. The Morgan fingerprint density at radius 3 is 2.69 bits per heavy atom. The second-order valence-corrected chi connectivity index (χ2v) is 3.52. The van der Waals surface area contributed by atoms with E-state index in [4.69, 9.17) is 11.6 Å². The van der Waals surface area contributed by atoms with Gasteiger partial charge in [-0.2, -0.15) is 4.73 Å². The predicted molar refractivity (Wildman–Crippen MR) is 59.1 cm³/mol. The first-order valence-corrected chi connectivity index (χ1v) is 5.02. The molecule has 82 valence electrons. The molecule has 0 saturated carbocycles. The van der Waals surface area contributed by atoms with Crippen molar-refractivity contribution in [3.63, 3.8) is 0 Å². The summed E-state index contributed by atoms with van der Waals surface area (Å²) in [5, 5.41) is 22.8. The summed E-state index contributed by atoms with van der Waals surface area (Å²) in [6, 6.07) is 7.30. The average molecular weight is 239 g/mol. The zero-order chi connectivity index (χ0) is 11.7. The molecule has 6 heteroatoms. The number of pyridine rings is 1. The second kappa shape index (κ2) is 3.94. The van der Waals surface area contributed by atoms with Crippen LogP contribution in [0.4, 0.5) is 5.69 Å². The maximum absolute atomic E-state index is 11.7. The van der Waals surface area contributed by atoms with Gasteiger partial charge in [0.1, 0.15) is 5.88 Å². The molecule has 0 fully saturated rings. The first-order valence-electron chi connectivity index (χ1n) is 4.49. The van der Waals surface area contributed by atoms with Crippen LogP contribution in [0.1, 0.15) is 5.69 Å². The molecule has 0 atom stereocenters. The molecular weight excluding hydrogens is 232 g/mol. The zero-order valence-corrected chi connectivity index (χ0v) is 8.85. The number of aromatic nitrogens is 1. The Hall–Kier alpha value is -1.88. The molecular formula is C10H7ClN2O3. The molecule has 0 radical (unpaired) electrons. The van der Waals surface area contributed by atoms with Gasteiger partial charge in [0.05, 0.1) is 10.3 Å². The molecule has 1 heterocycles. The van der Waals surface area contributed by atoms with E-state index in [1.807, 2.05) is 0 Å². The van der Waals surface area contributed by atoms with E-state index in [9.17, 15) is 15.3 Å². The molecule has 1 aromatic heterocycles. The summed E-state index contributed by atoms with van der Waals surface area (Å²) in [7, 11) is 0. The lowest BCUT2D eigenvalue weighted by Crippen LogP contribution is -2.31. The molecule has 0 amide bonds. The number of nitro benzene ring substituents is 1. The fraction of sp³-hybridized carbons (Fsp3) is 0.100. The summed E-state index contributed by atoms with van der Waals surface area (Å²) in [4.78, 5) is 10.1. The van der Waals surface area contributed by atoms with Gasteiger partial charge in [-0.25, -0.2) is 0 Å². The van der Waals surface area contributed by atoms with E-state index in [1.165, 1.54) is 18.2 Å². The number of rotatable bonds is 2. The third-order valence-electron chi connectivity index (χ3n) is 2.29. The van der Waals surface area contributed by atoms with Gasteiger partial charge in [-0.15, -0.1) is 11.6 Å². The van der Waals surface area contributed by atoms with Crippen LogP contribution in [0.15, 0.2) is 30.3 Å². The Bertz CT molecular complexity index is 571. The van der Waals surface area contributed by atoms with Crippen LogP contribution in [0.3, 0.4) is 0 Å². The maximum atomic E-state index is 11.7. The highest BCUT2D eigenvalue weighted by Crippen LogP contribution is 2.18. The van der Waals surface area contributed by atoms with E-state index >= 15 is 0 Å². The van der Waals surface area contributed by atoms with Gasteiger partial charge in [-0.1, -0.05) is 0 Å². The fourth-order valence-corrected chi connectivity index (χ4v) is 1.68. The van der Waals surface area contributed by atoms with E-state index in [2.05, 4.69) is 0 Å². The maximum Gasteiger partial charge on any atom is 0.270 e. The SMILES string of the molecule is O=[N+]([O-])c1ccc2c(ccc(CCl)[n+]2[O-])c1. The topological polar surface area (TPSA) is 70.1 Å². The summed E-state index contributed by atoms with van der Waals surface area (Å²) in [5.41, 5.74) is 0.762. The molecule has 0 bridgehead atoms. The van der Waals surface area contributed by atoms with Gasteiger partial charge in [0.25, 0.3) is 5.69 Å². The Morgan fingerprint density at radius 2 is 2.06 bits per heavy atom. The van der Waals surface area contributed by atoms with Crippen molar-refractivity contribution in [2.45, 2.75) is 5.88 Å². The smallest absolute Gasteiger partial charge is 0.270 e. The zero-order valence-electron chi connectivity index (χ0n) is 8.09. The number of hydrogen-bond acceptors (Lipinski definition) is 3. The number of nitrogens with zero attached hydrogens (tertiary/aromatic N) is 2. The molecule has 2 rings (SSSR count). The van der Waals surface area contributed by atoms with Crippen molar-refractivity contribution < 1.29 is 9.65 Å². The van der Waals surface area contributed by atoms with Crippen LogP contribution >= 0.6 is 11.6 Å². The van der Waals surface area contributed by atoms with Gasteiger partial charge in [0, 0.05) is 24.3 Å². The van der Waals surface area contributed by atoms with Gasteiger partial charge < -0.3 is 5.21 Å². The second-order valence-electron chi connectivity index (χ2n) is 3.25. The highest BCUT2D eigenvalue weighted by Gasteiger charge is 2.13. The van der Waals surface area contributed by atoms with Gasteiger partial charge in [0.15, 0.2) is 0 Å². The first-order chi connectivity index (χ1) is 7.63. The summed E-state index contributed by atoms with van der Waals surface area (Å²) < 4.78 is 0.687. The molecule has 5 nitrogen and oxygen atoms in total. The van der Waals surface area contributed by atoms with Gasteiger partial charge >= 0.3 is 0 Å². The number of hydrogen-bond donors (Lipinski definition) is 0. The summed E-state index contributed by atoms with van der Waals surface area (Å²) in [6.07, 6.45) is 0. The number of fused-ring (bicyclic) bond motifs is 1. The minimum atomic E-state index is -0.496. The summed E-state index contributed by atoms with van der Waals surface area (Å²) in [6.45, 7) is 0. The molecule has 1 aromatic carbocycles. The van der Waals surface area contributed by atoms with Crippen LogP contribution in [0.25, 0.3) is 10.9 Å². The molecule has 0 aliphatic heterocycles. The van der Waals surface area contributed by atoms with E-state index in [1.54, 1.807) is 12.1 Å². The van der Waals surface area contributed by atoms with Gasteiger partial charge in [-0.05, 0) is 6.07 Å². The van der Waals surface area contributed by atoms with Crippen molar-refractivity contribution in [1.29, 1.82) is 0 Å². The molecule has 0 saturated heterocycles. The van der Waals surface area contributed by atoms with Crippen LogP contribution in [0, 0.1) is 15.3 Å². The molecule has 0 unspecified atom stereocenters. The first kappa shape index (κ1) is 10.6. The number of halogens is 1. The number of alkyl halides is 1. The molecule has 16 heavy (non-hydrogen) atoms. The van der Waals surface area contributed by atoms with E-state index in [-0.39, 0.29) is 11.6 Å². The summed E-state index contributed by atoms with van der Waals surface area (Å²) >= 11 is 5.59. The van der Waals surface area contributed by atoms with E-state index in [0.717, 1.165) is 0 Å². The normalized spacial score (nSPS) is 10.6. The standard InChI is InChI=1S/C10H7ClN2O3/c11-6-9-2-1-7-5-8(13(15)16)3-4-10(7)12(9)14/h1-5H,6H2. The van der Waals surface area contributed by atoms with Crippen LogP contribution < -0.4 is 4.73 Å². The monoisotopic (exact) mass is 238 g/mol. The lowest BCUT2D eigenvalue weighted by atomic mass is 10.2.